The molecule has 0 saturated carbocycles. The number of benzene rings is 1. The maximum Gasteiger partial charge on any atom is 0.309 e. The van der Waals surface area contributed by atoms with Crippen LogP contribution < -0.4 is 5.32 Å². The van der Waals surface area contributed by atoms with Crippen LogP contribution in [0.3, 0.4) is 0 Å². The highest BCUT2D eigenvalue weighted by Crippen LogP contribution is 2.25. The van der Waals surface area contributed by atoms with Gasteiger partial charge in [0, 0.05) is 29.2 Å². The van der Waals surface area contributed by atoms with Crippen LogP contribution >= 0.6 is 11.6 Å². The maximum atomic E-state index is 12.4. The van der Waals surface area contributed by atoms with Gasteiger partial charge in [-0.05, 0) is 44.4 Å². The lowest BCUT2D eigenvalue weighted by Crippen LogP contribution is -2.45. The van der Waals surface area contributed by atoms with E-state index in [1.807, 2.05) is 20.8 Å². The predicted octanol–water partition coefficient (Wildman–Crippen LogP) is 3.80. The first-order valence-electron chi connectivity index (χ1n) is 9.56. The van der Waals surface area contributed by atoms with Crippen molar-refractivity contribution in [3.8, 4) is 0 Å². The van der Waals surface area contributed by atoms with E-state index < -0.39 is 23.4 Å². The molecule has 1 N–H and O–H groups in total. The molecule has 1 aliphatic heterocycles. The lowest BCUT2D eigenvalue weighted by molar-refractivity contribution is -0.160. The smallest absolute Gasteiger partial charge is 0.309 e. The van der Waals surface area contributed by atoms with Crippen LogP contribution in [0.4, 0.5) is 5.69 Å². The average molecular weight is 409 g/mol. The monoisotopic (exact) mass is 408 g/mol. The number of piperidine rings is 1. The SMILES string of the molecule is Cc1c(Cl)cccc1NC(=O)[C@H](C)OC(=O)C1CCN(C(=O)C(C)(C)C)CC1. The normalized spacial score (nSPS) is 16.4. The highest BCUT2D eigenvalue weighted by atomic mass is 35.5. The molecule has 7 heteroatoms. The predicted molar refractivity (Wildman–Crippen MR) is 109 cm³/mol. The molecule has 1 fully saturated rings. The molecule has 6 nitrogen and oxygen atoms in total. The van der Waals surface area contributed by atoms with Gasteiger partial charge in [0.05, 0.1) is 5.92 Å². The number of ether oxygens (including phenoxy) is 1. The van der Waals surface area contributed by atoms with Crippen molar-refractivity contribution in [1.82, 2.24) is 4.90 Å². The standard InChI is InChI=1S/C21H29ClN2O4/c1-13-16(22)7-6-8-17(13)23-18(25)14(2)28-19(26)15-9-11-24(12-10-15)20(27)21(3,4)5/h6-8,14-15H,9-12H2,1-5H3,(H,23,25)/t14-/m0/s1. The van der Waals surface area contributed by atoms with Crippen molar-refractivity contribution >= 4 is 35.1 Å². The van der Waals surface area contributed by atoms with E-state index in [2.05, 4.69) is 5.32 Å². The number of carbonyl (C=O) groups is 3. The minimum atomic E-state index is -0.917. The average Bonchev–Trinajstić information content (AvgIpc) is 2.64. The summed E-state index contributed by atoms with van der Waals surface area (Å²) in [4.78, 5) is 38.9. The fourth-order valence-electron chi connectivity index (χ4n) is 3.09. The van der Waals surface area contributed by atoms with Crippen molar-refractivity contribution in [3.63, 3.8) is 0 Å². The number of hydrogen-bond donors (Lipinski definition) is 1. The fourth-order valence-corrected chi connectivity index (χ4v) is 3.27. The number of halogens is 1. The molecule has 0 aromatic heterocycles. The Balaban J connectivity index is 1.86. The molecule has 2 amide bonds. The van der Waals surface area contributed by atoms with Crippen LogP contribution in [0.1, 0.15) is 46.1 Å². The summed E-state index contributed by atoms with van der Waals surface area (Å²) in [5, 5.41) is 3.30. The summed E-state index contributed by atoms with van der Waals surface area (Å²) in [7, 11) is 0. The lowest BCUT2D eigenvalue weighted by Gasteiger charge is -2.35. The van der Waals surface area contributed by atoms with Gasteiger partial charge in [-0.15, -0.1) is 0 Å². The van der Waals surface area contributed by atoms with Gasteiger partial charge in [0.2, 0.25) is 5.91 Å². The Morgan fingerprint density at radius 3 is 2.39 bits per heavy atom. The van der Waals surface area contributed by atoms with E-state index in [0.717, 1.165) is 5.56 Å². The molecule has 154 valence electrons. The molecule has 0 aliphatic carbocycles. The molecule has 0 spiro atoms. The molecule has 1 heterocycles. The molecule has 28 heavy (non-hydrogen) atoms. The van der Waals surface area contributed by atoms with E-state index >= 15 is 0 Å². The number of nitrogens with zero attached hydrogens (tertiary/aromatic N) is 1. The Hall–Kier alpha value is -2.08. The third-order valence-electron chi connectivity index (χ3n) is 4.94. The zero-order chi connectivity index (χ0) is 21.1. The third-order valence-corrected chi connectivity index (χ3v) is 5.35. The molecule has 1 atom stereocenters. The van der Waals surface area contributed by atoms with E-state index in [-0.39, 0.29) is 11.8 Å². The summed E-state index contributed by atoms with van der Waals surface area (Å²) in [6.45, 7) is 10.1. The van der Waals surface area contributed by atoms with Gasteiger partial charge in [-0.1, -0.05) is 38.4 Å². The number of nitrogens with one attached hydrogen (secondary N) is 1. The first kappa shape index (κ1) is 22.2. The van der Waals surface area contributed by atoms with Gasteiger partial charge in [0.25, 0.3) is 5.91 Å². The Bertz CT molecular complexity index is 749. The molecule has 0 bridgehead atoms. The van der Waals surface area contributed by atoms with Crippen LogP contribution in [-0.4, -0.2) is 41.9 Å². The molecular formula is C21H29ClN2O4. The number of amides is 2. The zero-order valence-electron chi connectivity index (χ0n) is 17.2. The Morgan fingerprint density at radius 2 is 1.82 bits per heavy atom. The zero-order valence-corrected chi connectivity index (χ0v) is 17.9. The van der Waals surface area contributed by atoms with Crippen molar-refractivity contribution in [3.05, 3.63) is 28.8 Å². The van der Waals surface area contributed by atoms with Crippen molar-refractivity contribution < 1.29 is 19.1 Å². The number of likely N-dealkylation sites (tertiary alicyclic amines) is 1. The third kappa shape index (κ3) is 5.47. The topological polar surface area (TPSA) is 75.7 Å². The molecule has 1 saturated heterocycles. The van der Waals surface area contributed by atoms with Gasteiger partial charge in [-0.3, -0.25) is 14.4 Å². The highest BCUT2D eigenvalue weighted by Gasteiger charge is 2.34. The second-order valence-corrected chi connectivity index (χ2v) is 8.70. The van der Waals surface area contributed by atoms with Crippen LogP contribution in [0.25, 0.3) is 0 Å². The largest absolute Gasteiger partial charge is 0.452 e. The first-order valence-corrected chi connectivity index (χ1v) is 9.94. The van der Waals surface area contributed by atoms with Crippen molar-refractivity contribution in [2.45, 2.75) is 53.6 Å². The lowest BCUT2D eigenvalue weighted by atomic mass is 9.91. The van der Waals surface area contributed by atoms with Crippen molar-refractivity contribution in [1.29, 1.82) is 0 Å². The van der Waals surface area contributed by atoms with Crippen LogP contribution in [0.5, 0.6) is 0 Å². The Morgan fingerprint density at radius 1 is 1.21 bits per heavy atom. The minimum Gasteiger partial charge on any atom is -0.452 e. The van der Waals surface area contributed by atoms with Gasteiger partial charge >= 0.3 is 5.97 Å². The van der Waals surface area contributed by atoms with Gasteiger partial charge in [0.15, 0.2) is 6.10 Å². The van der Waals surface area contributed by atoms with Gasteiger partial charge in [0.1, 0.15) is 0 Å². The number of anilines is 1. The highest BCUT2D eigenvalue weighted by molar-refractivity contribution is 6.31. The summed E-state index contributed by atoms with van der Waals surface area (Å²) in [5.74, 6) is -1.01. The van der Waals surface area contributed by atoms with Crippen LogP contribution in [-0.2, 0) is 19.1 Å². The number of esters is 1. The molecular weight excluding hydrogens is 380 g/mol. The molecule has 2 rings (SSSR count). The van der Waals surface area contributed by atoms with Gasteiger partial charge in [-0.25, -0.2) is 0 Å². The number of carbonyl (C=O) groups excluding carboxylic acids is 3. The summed E-state index contributed by atoms with van der Waals surface area (Å²) in [5.41, 5.74) is 0.916. The second-order valence-electron chi connectivity index (χ2n) is 8.30. The Labute approximate surface area is 171 Å². The van der Waals surface area contributed by atoms with E-state index in [9.17, 15) is 14.4 Å². The quantitative estimate of drug-likeness (QED) is 0.769. The molecule has 1 aromatic rings. The molecule has 1 aliphatic rings. The van der Waals surface area contributed by atoms with Crippen LogP contribution in [0.15, 0.2) is 18.2 Å². The minimum absolute atomic E-state index is 0.0870. The number of rotatable bonds is 4. The first-order chi connectivity index (χ1) is 13.0. The van der Waals surface area contributed by atoms with Crippen LogP contribution in [0, 0.1) is 18.3 Å². The second kappa shape index (κ2) is 8.95. The van der Waals surface area contributed by atoms with E-state index in [4.69, 9.17) is 16.3 Å². The maximum absolute atomic E-state index is 12.4. The van der Waals surface area contributed by atoms with Gasteiger partial charge < -0.3 is 15.0 Å². The summed E-state index contributed by atoms with van der Waals surface area (Å²) < 4.78 is 5.37. The fraction of sp³-hybridized carbons (Fsp3) is 0.571. The van der Waals surface area contributed by atoms with E-state index in [0.29, 0.717) is 36.6 Å². The molecule has 0 radical (unpaired) electrons. The summed E-state index contributed by atoms with van der Waals surface area (Å²) >= 11 is 6.06. The van der Waals surface area contributed by atoms with Crippen molar-refractivity contribution in [2.24, 2.45) is 11.3 Å². The Kier molecular flexibility index (Phi) is 7.10. The molecule has 1 aromatic carbocycles. The van der Waals surface area contributed by atoms with E-state index in [1.165, 1.54) is 0 Å². The summed E-state index contributed by atoms with van der Waals surface area (Å²) in [6.07, 6.45) is 0.172. The summed E-state index contributed by atoms with van der Waals surface area (Å²) in [6, 6.07) is 5.23. The van der Waals surface area contributed by atoms with Gasteiger partial charge in [-0.2, -0.15) is 0 Å². The van der Waals surface area contributed by atoms with E-state index in [1.54, 1.807) is 36.9 Å². The number of hydrogen-bond acceptors (Lipinski definition) is 4. The van der Waals surface area contributed by atoms with Crippen molar-refractivity contribution in [2.75, 3.05) is 18.4 Å². The van der Waals surface area contributed by atoms with Crippen LogP contribution in [0.2, 0.25) is 5.02 Å². The molecule has 0 unspecified atom stereocenters.